The molecule has 1 amide bonds. The lowest BCUT2D eigenvalue weighted by molar-refractivity contribution is -0.118. The van der Waals surface area contributed by atoms with E-state index in [0.717, 1.165) is 27.4 Å². The third-order valence-corrected chi connectivity index (χ3v) is 5.97. The molecule has 0 saturated carbocycles. The number of carbonyl (C=O) groups is 1. The number of aryl methyl sites for hydroxylation is 2. The van der Waals surface area contributed by atoms with Gasteiger partial charge in [0.1, 0.15) is 11.6 Å². The summed E-state index contributed by atoms with van der Waals surface area (Å²) in [5, 5.41) is 2.82. The first kappa shape index (κ1) is 23.3. The van der Waals surface area contributed by atoms with Gasteiger partial charge in [0, 0.05) is 11.3 Å². The molecule has 1 N–H and O–H groups in total. The summed E-state index contributed by atoms with van der Waals surface area (Å²) in [7, 11) is -3.65. The van der Waals surface area contributed by atoms with Crippen LogP contribution in [0.15, 0.2) is 66.7 Å². The van der Waals surface area contributed by atoms with Crippen LogP contribution in [-0.4, -0.2) is 27.2 Å². The van der Waals surface area contributed by atoms with E-state index in [1.54, 1.807) is 42.5 Å². The summed E-state index contributed by atoms with van der Waals surface area (Å²) in [6.45, 7) is 3.52. The molecule has 3 aromatic rings. The van der Waals surface area contributed by atoms with Gasteiger partial charge in [-0.25, -0.2) is 12.8 Å². The number of carbonyl (C=O) groups excluding carboxylic acids is 1. The van der Waals surface area contributed by atoms with E-state index in [0.29, 0.717) is 11.4 Å². The van der Waals surface area contributed by atoms with Gasteiger partial charge in [-0.3, -0.25) is 9.10 Å². The van der Waals surface area contributed by atoms with E-state index >= 15 is 0 Å². The van der Waals surface area contributed by atoms with E-state index in [4.69, 9.17) is 4.74 Å². The fourth-order valence-electron chi connectivity index (χ4n) is 3.10. The zero-order valence-electron chi connectivity index (χ0n) is 18.1. The number of hydrogen-bond acceptors (Lipinski definition) is 4. The summed E-state index contributed by atoms with van der Waals surface area (Å²) in [4.78, 5) is 12.2. The predicted molar refractivity (Wildman–Crippen MR) is 124 cm³/mol. The van der Waals surface area contributed by atoms with Gasteiger partial charge in [-0.15, -0.1) is 0 Å². The quantitative estimate of drug-likeness (QED) is 0.544. The van der Waals surface area contributed by atoms with Crippen molar-refractivity contribution in [3.63, 3.8) is 0 Å². The van der Waals surface area contributed by atoms with Crippen molar-refractivity contribution in [1.82, 2.24) is 0 Å². The van der Waals surface area contributed by atoms with Gasteiger partial charge >= 0.3 is 0 Å². The van der Waals surface area contributed by atoms with Gasteiger partial charge in [0.15, 0.2) is 6.61 Å². The largest absolute Gasteiger partial charge is 0.484 e. The molecule has 0 aliphatic rings. The molecule has 0 heterocycles. The molecule has 0 bridgehead atoms. The highest BCUT2D eigenvalue weighted by Gasteiger charge is 2.19. The van der Waals surface area contributed by atoms with Gasteiger partial charge in [-0.1, -0.05) is 30.3 Å². The highest BCUT2D eigenvalue weighted by molar-refractivity contribution is 7.92. The van der Waals surface area contributed by atoms with Crippen molar-refractivity contribution in [1.29, 1.82) is 0 Å². The Kier molecular flexibility index (Phi) is 7.15. The van der Waals surface area contributed by atoms with Crippen LogP contribution < -0.4 is 14.4 Å². The van der Waals surface area contributed by atoms with Crippen LogP contribution in [0.5, 0.6) is 5.75 Å². The summed E-state index contributed by atoms with van der Waals surface area (Å²) >= 11 is 0. The Balaban J connectivity index is 1.67. The maximum atomic E-state index is 14.0. The Labute approximate surface area is 187 Å². The number of nitrogens with one attached hydrogen (secondary N) is 1. The number of benzene rings is 3. The van der Waals surface area contributed by atoms with Crippen LogP contribution in [0.4, 0.5) is 15.8 Å². The van der Waals surface area contributed by atoms with Gasteiger partial charge < -0.3 is 10.1 Å². The highest BCUT2D eigenvalue weighted by atomic mass is 32.2. The summed E-state index contributed by atoms with van der Waals surface area (Å²) in [5.41, 5.74) is 3.34. The maximum Gasteiger partial charge on any atom is 0.262 e. The average molecular weight is 457 g/mol. The fourth-order valence-corrected chi connectivity index (χ4v) is 3.97. The molecule has 168 valence electrons. The van der Waals surface area contributed by atoms with E-state index < -0.39 is 15.8 Å². The summed E-state index contributed by atoms with van der Waals surface area (Å²) < 4.78 is 45.2. The molecule has 3 aromatic carbocycles. The first-order valence-electron chi connectivity index (χ1n) is 9.94. The van der Waals surface area contributed by atoms with Gasteiger partial charge in [-0.05, 0) is 61.4 Å². The number of rotatable bonds is 8. The van der Waals surface area contributed by atoms with Crippen molar-refractivity contribution in [2.24, 2.45) is 0 Å². The van der Waals surface area contributed by atoms with Crippen molar-refractivity contribution in [2.75, 3.05) is 22.5 Å². The van der Waals surface area contributed by atoms with E-state index in [9.17, 15) is 17.6 Å². The highest BCUT2D eigenvalue weighted by Crippen LogP contribution is 2.24. The lowest BCUT2D eigenvalue weighted by atomic mass is 10.1. The second-order valence-corrected chi connectivity index (χ2v) is 9.42. The lowest BCUT2D eigenvalue weighted by Gasteiger charge is -2.23. The van der Waals surface area contributed by atoms with Crippen molar-refractivity contribution < 1.29 is 22.3 Å². The SMILES string of the molecule is Cc1ccc(C)c(NC(=O)COc2ccc(N(Cc3ccccc3F)S(C)(=O)=O)cc2)c1. The molecule has 0 atom stereocenters. The Morgan fingerprint density at radius 2 is 1.72 bits per heavy atom. The molecule has 0 saturated heterocycles. The Morgan fingerprint density at radius 1 is 1.03 bits per heavy atom. The number of amides is 1. The second kappa shape index (κ2) is 9.82. The zero-order valence-corrected chi connectivity index (χ0v) is 18.9. The Bertz CT molecular complexity index is 1210. The number of sulfonamides is 1. The van der Waals surface area contributed by atoms with Crippen LogP contribution in [0, 0.1) is 19.7 Å². The molecule has 0 aromatic heterocycles. The lowest BCUT2D eigenvalue weighted by Crippen LogP contribution is -2.29. The second-order valence-electron chi connectivity index (χ2n) is 7.51. The summed E-state index contributed by atoms with van der Waals surface area (Å²) in [6, 6.07) is 18.1. The Hall–Kier alpha value is -3.39. The third-order valence-electron chi connectivity index (χ3n) is 4.83. The minimum atomic E-state index is -3.65. The number of nitrogens with zero attached hydrogens (tertiary/aromatic N) is 1. The van der Waals surface area contributed by atoms with E-state index in [1.165, 1.54) is 6.07 Å². The minimum Gasteiger partial charge on any atom is -0.484 e. The summed E-state index contributed by atoms with van der Waals surface area (Å²) in [6.07, 6.45) is 1.07. The van der Waals surface area contributed by atoms with Crippen molar-refractivity contribution in [3.05, 3.63) is 89.2 Å². The smallest absolute Gasteiger partial charge is 0.262 e. The summed E-state index contributed by atoms with van der Waals surface area (Å²) in [5.74, 6) is -0.375. The van der Waals surface area contributed by atoms with E-state index in [2.05, 4.69) is 5.32 Å². The molecule has 0 radical (unpaired) electrons. The molecule has 0 spiro atoms. The van der Waals surface area contributed by atoms with Gasteiger partial charge in [0.2, 0.25) is 10.0 Å². The monoisotopic (exact) mass is 456 g/mol. The minimum absolute atomic E-state index is 0.135. The molecule has 6 nitrogen and oxygen atoms in total. The number of ether oxygens (including phenoxy) is 1. The molecule has 0 unspecified atom stereocenters. The molecule has 0 fully saturated rings. The van der Waals surface area contributed by atoms with Crippen LogP contribution in [0.2, 0.25) is 0 Å². The number of hydrogen-bond donors (Lipinski definition) is 1. The molecular weight excluding hydrogens is 431 g/mol. The van der Waals surface area contributed by atoms with Gasteiger partial charge in [0.25, 0.3) is 5.91 Å². The molecule has 8 heteroatoms. The predicted octanol–water partition coefficient (Wildman–Crippen LogP) is 4.43. The van der Waals surface area contributed by atoms with Gasteiger partial charge in [0.05, 0.1) is 18.5 Å². The van der Waals surface area contributed by atoms with Gasteiger partial charge in [-0.2, -0.15) is 0 Å². The molecule has 0 aliphatic heterocycles. The van der Waals surface area contributed by atoms with Crippen LogP contribution in [-0.2, 0) is 21.4 Å². The molecular formula is C24H25FN2O4S. The topological polar surface area (TPSA) is 75.7 Å². The number of halogens is 1. The molecule has 3 rings (SSSR count). The first-order chi connectivity index (χ1) is 15.1. The van der Waals surface area contributed by atoms with Crippen molar-refractivity contribution in [3.8, 4) is 5.75 Å². The third kappa shape index (κ3) is 6.07. The maximum absolute atomic E-state index is 14.0. The average Bonchev–Trinajstić information content (AvgIpc) is 2.74. The van der Waals surface area contributed by atoms with Crippen LogP contribution >= 0.6 is 0 Å². The molecule has 0 aliphatic carbocycles. The Morgan fingerprint density at radius 3 is 2.38 bits per heavy atom. The zero-order chi connectivity index (χ0) is 23.3. The van der Waals surface area contributed by atoms with E-state index in [1.807, 2.05) is 32.0 Å². The van der Waals surface area contributed by atoms with E-state index in [-0.39, 0.29) is 24.6 Å². The standard InChI is InChI=1S/C24H25FN2O4S/c1-17-8-9-18(2)23(14-17)26-24(28)16-31-21-12-10-20(11-13-21)27(32(3,29)30)15-19-6-4-5-7-22(19)25/h4-14H,15-16H2,1-3H3,(H,26,28). The van der Waals surface area contributed by atoms with Crippen molar-refractivity contribution in [2.45, 2.75) is 20.4 Å². The van der Waals surface area contributed by atoms with Crippen LogP contribution in [0.25, 0.3) is 0 Å². The number of anilines is 2. The van der Waals surface area contributed by atoms with Crippen LogP contribution in [0.3, 0.4) is 0 Å². The van der Waals surface area contributed by atoms with Crippen LogP contribution in [0.1, 0.15) is 16.7 Å². The normalized spacial score (nSPS) is 11.1. The fraction of sp³-hybridized carbons (Fsp3) is 0.208. The molecule has 32 heavy (non-hydrogen) atoms. The van der Waals surface area contributed by atoms with Crippen molar-refractivity contribution >= 4 is 27.3 Å². The first-order valence-corrected chi connectivity index (χ1v) is 11.8.